The standard InChI is InChI=1S/C14H27NO/c1-4-6-11(2)9-13(16)14(15)8-5-7-12(3)10-14/h11-12H,4-10,15H2,1-3H3. The number of Topliss-reactive ketones (excluding diaryl/α,β-unsaturated/α-hetero) is 1. The first-order valence-electron chi connectivity index (χ1n) is 6.80. The van der Waals surface area contributed by atoms with E-state index in [9.17, 15) is 4.79 Å². The van der Waals surface area contributed by atoms with E-state index in [1.54, 1.807) is 0 Å². The normalized spacial score (nSPS) is 32.4. The molecular weight excluding hydrogens is 198 g/mol. The van der Waals surface area contributed by atoms with Gasteiger partial charge in [0.2, 0.25) is 0 Å². The molecule has 2 heteroatoms. The smallest absolute Gasteiger partial charge is 0.152 e. The van der Waals surface area contributed by atoms with Gasteiger partial charge in [-0.25, -0.2) is 0 Å². The minimum atomic E-state index is -0.500. The van der Waals surface area contributed by atoms with Gasteiger partial charge in [0.1, 0.15) is 0 Å². The van der Waals surface area contributed by atoms with Gasteiger partial charge in [-0.05, 0) is 24.7 Å². The van der Waals surface area contributed by atoms with Crippen LogP contribution in [0, 0.1) is 11.8 Å². The van der Waals surface area contributed by atoms with Gasteiger partial charge in [-0.2, -0.15) is 0 Å². The molecule has 2 N–H and O–H groups in total. The summed E-state index contributed by atoms with van der Waals surface area (Å²) >= 11 is 0. The summed E-state index contributed by atoms with van der Waals surface area (Å²) in [5.41, 5.74) is 5.79. The van der Waals surface area contributed by atoms with Crippen molar-refractivity contribution in [2.24, 2.45) is 17.6 Å². The van der Waals surface area contributed by atoms with E-state index in [0.717, 1.165) is 32.1 Å². The molecule has 0 aromatic rings. The van der Waals surface area contributed by atoms with Crippen LogP contribution in [0.1, 0.15) is 65.7 Å². The third-order valence-electron chi connectivity index (χ3n) is 3.90. The zero-order chi connectivity index (χ0) is 12.2. The molecule has 0 amide bonds. The van der Waals surface area contributed by atoms with Gasteiger partial charge in [0.05, 0.1) is 5.54 Å². The van der Waals surface area contributed by atoms with E-state index in [2.05, 4.69) is 20.8 Å². The Labute approximate surface area is 100.0 Å². The van der Waals surface area contributed by atoms with Crippen LogP contribution in [0.15, 0.2) is 0 Å². The van der Waals surface area contributed by atoms with Crippen LogP contribution < -0.4 is 5.73 Å². The minimum absolute atomic E-state index is 0.306. The molecule has 1 rings (SSSR count). The van der Waals surface area contributed by atoms with Gasteiger partial charge in [-0.15, -0.1) is 0 Å². The van der Waals surface area contributed by atoms with E-state index in [0.29, 0.717) is 24.0 Å². The van der Waals surface area contributed by atoms with Crippen LogP contribution in [0.3, 0.4) is 0 Å². The van der Waals surface area contributed by atoms with E-state index in [1.807, 2.05) is 0 Å². The van der Waals surface area contributed by atoms with Crippen molar-refractivity contribution in [3.8, 4) is 0 Å². The molecule has 94 valence electrons. The lowest BCUT2D eigenvalue weighted by atomic mass is 9.73. The summed E-state index contributed by atoms with van der Waals surface area (Å²) in [6.45, 7) is 6.54. The Hall–Kier alpha value is -0.370. The first-order valence-corrected chi connectivity index (χ1v) is 6.80. The number of carbonyl (C=O) groups is 1. The van der Waals surface area contributed by atoms with Crippen molar-refractivity contribution in [2.75, 3.05) is 0 Å². The maximum absolute atomic E-state index is 12.2. The molecule has 1 fully saturated rings. The van der Waals surface area contributed by atoms with Crippen molar-refractivity contribution < 1.29 is 4.79 Å². The third-order valence-corrected chi connectivity index (χ3v) is 3.90. The fourth-order valence-corrected chi connectivity index (χ4v) is 2.96. The Kier molecular flexibility index (Phi) is 4.97. The van der Waals surface area contributed by atoms with Gasteiger partial charge < -0.3 is 5.73 Å². The van der Waals surface area contributed by atoms with E-state index >= 15 is 0 Å². The summed E-state index contributed by atoms with van der Waals surface area (Å²) in [5, 5.41) is 0. The molecule has 0 heterocycles. The third kappa shape index (κ3) is 3.58. The first kappa shape index (κ1) is 13.7. The fraction of sp³-hybridized carbons (Fsp3) is 0.929. The predicted molar refractivity (Wildman–Crippen MR) is 68.2 cm³/mol. The van der Waals surface area contributed by atoms with Gasteiger partial charge in [0.15, 0.2) is 5.78 Å². The summed E-state index contributed by atoms with van der Waals surface area (Å²) in [6, 6.07) is 0. The first-order chi connectivity index (χ1) is 7.48. The molecule has 1 saturated carbocycles. The second kappa shape index (κ2) is 5.81. The number of ketones is 1. The maximum Gasteiger partial charge on any atom is 0.152 e. The number of hydrogen-bond acceptors (Lipinski definition) is 2. The average Bonchev–Trinajstić information content (AvgIpc) is 2.17. The lowest BCUT2D eigenvalue weighted by Gasteiger charge is -2.36. The SMILES string of the molecule is CCCC(C)CC(=O)C1(N)CCCC(C)C1. The topological polar surface area (TPSA) is 43.1 Å². The number of nitrogens with two attached hydrogens (primary N) is 1. The molecule has 0 saturated heterocycles. The largest absolute Gasteiger partial charge is 0.319 e. The summed E-state index contributed by atoms with van der Waals surface area (Å²) in [7, 11) is 0. The molecule has 0 aromatic heterocycles. The molecule has 2 nitrogen and oxygen atoms in total. The highest BCUT2D eigenvalue weighted by atomic mass is 16.1. The van der Waals surface area contributed by atoms with Crippen molar-refractivity contribution in [2.45, 2.75) is 71.3 Å². The van der Waals surface area contributed by atoms with Gasteiger partial charge in [0, 0.05) is 6.42 Å². The van der Waals surface area contributed by atoms with Gasteiger partial charge >= 0.3 is 0 Å². The molecule has 0 aliphatic heterocycles. The van der Waals surface area contributed by atoms with Crippen LogP contribution in [-0.4, -0.2) is 11.3 Å². The maximum atomic E-state index is 12.2. The molecule has 0 radical (unpaired) electrons. The minimum Gasteiger partial charge on any atom is -0.319 e. The number of carbonyl (C=O) groups excluding carboxylic acids is 1. The molecule has 0 aromatic carbocycles. The van der Waals surface area contributed by atoms with Crippen molar-refractivity contribution >= 4 is 5.78 Å². The zero-order valence-corrected chi connectivity index (χ0v) is 11.1. The Morgan fingerprint density at radius 3 is 2.81 bits per heavy atom. The Bertz CT molecular complexity index is 239. The van der Waals surface area contributed by atoms with Gasteiger partial charge in [-0.1, -0.05) is 46.5 Å². The van der Waals surface area contributed by atoms with Crippen molar-refractivity contribution in [1.82, 2.24) is 0 Å². The molecule has 3 unspecified atom stereocenters. The van der Waals surface area contributed by atoms with Gasteiger partial charge in [0.25, 0.3) is 0 Å². The fourth-order valence-electron chi connectivity index (χ4n) is 2.96. The Morgan fingerprint density at radius 2 is 2.25 bits per heavy atom. The molecule has 16 heavy (non-hydrogen) atoms. The van der Waals surface area contributed by atoms with Crippen LogP contribution >= 0.6 is 0 Å². The molecule has 1 aliphatic carbocycles. The van der Waals surface area contributed by atoms with E-state index in [4.69, 9.17) is 5.73 Å². The van der Waals surface area contributed by atoms with Crippen LogP contribution in [-0.2, 0) is 4.79 Å². The lowest BCUT2D eigenvalue weighted by Crippen LogP contribution is -2.51. The predicted octanol–water partition coefficient (Wildman–Crippen LogP) is 3.29. The highest BCUT2D eigenvalue weighted by Crippen LogP contribution is 2.32. The summed E-state index contributed by atoms with van der Waals surface area (Å²) in [6.07, 6.45) is 7.11. The zero-order valence-electron chi connectivity index (χ0n) is 11.1. The Balaban J connectivity index is 2.51. The lowest BCUT2D eigenvalue weighted by molar-refractivity contribution is -0.126. The highest BCUT2D eigenvalue weighted by molar-refractivity contribution is 5.88. The number of rotatable bonds is 5. The van der Waals surface area contributed by atoms with E-state index < -0.39 is 5.54 Å². The molecule has 1 aliphatic rings. The monoisotopic (exact) mass is 225 g/mol. The molecule has 0 spiro atoms. The van der Waals surface area contributed by atoms with Crippen LogP contribution in [0.2, 0.25) is 0 Å². The second-order valence-electron chi connectivity index (χ2n) is 5.88. The number of hydrogen-bond donors (Lipinski definition) is 1. The summed E-state index contributed by atoms with van der Waals surface area (Å²) in [4.78, 5) is 12.2. The van der Waals surface area contributed by atoms with E-state index in [1.165, 1.54) is 6.42 Å². The molecule has 0 bridgehead atoms. The molecular formula is C14H27NO. The highest BCUT2D eigenvalue weighted by Gasteiger charge is 2.37. The molecule has 3 atom stereocenters. The Morgan fingerprint density at radius 1 is 1.56 bits per heavy atom. The van der Waals surface area contributed by atoms with Crippen molar-refractivity contribution in [3.05, 3.63) is 0 Å². The average molecular weight is 225 g/mol. The van der Waals surface area contributed by atoms with E-state index in [-0.39, 0.29) is 0 Å². The van der Waals surface area contributed by atoms with Crippen molar-refractivity contribution in [1.29, 1.82) is 0 Å². The second-order valence-corrected chi connectivity index (χ2v) is 5.88. The van der Waals surface area contributed by atoms with Gasteiger partial charge in [-0.3, -0.25) is 4.79 Å². The van der Waals surface area contributed by atoms with Crippen LogP contribution in [0.5, 0.6) is 0 Å². The quantitative estimate of drug-likeness (QED) is 0.780. The van der Waals surface area contributed by atoms with Crippen LogP contribution in [0.4, 0.5) is 0 Å². The summed E-state index contributed by atoms with van der Waals surface area (Å²) in [5.74, 6) is 1.42. The van der Waals surface area contributed by atoms with Crippen molar-refractivity contribution in [3.63, 3.8) is 0 Å². The summed E-state index contributed by atoms with van der Waals surface area (Å²) < 4.78 is 0. The van der Waals surface area contributed by atoms with Crippen LogP contribution in [0.25, 0.3) is 0 Å².